The Morgan fingerprint density at radius 3 is 1.80 bits per heavy atom. The molecule has 2 radical (unpaired) electrons. The lowest BCUT2D eigenvalue weighted by molar-refractivity contribution is 1.11. The first kappa shape index (κ1) is 3.01. The Balaban J connectivity index is 2.47. The molecule has 0 saturated heterocycles. The van der Waals surface area contributed by atoms with E-state index >= 15 is 0 Å². The van der Waals surface area contributed by atoms with Crippen molar-refractivity contribution in [1.82, 2.24) is 0 Å². The van der Waals surface area contributed by atoms with E-state index in [1.165, 1.54) is 0 Å². The topological polar surface area (TPSA) is 0 Å². The fourth-order valence-corrected chi connectivity index (χ4v) is 0.131. The van der Waals surface area contributed by atoms with E-state index in [1.807, 2.05) is 19.1 Å². The predicted molar refractivity (Wildman–Crippen MR) is 23.3 cm³/mol. The maximum atomic E-state index is 5.35. The predicted octanol–water partition coefficient (Wildman–Crippen LogP) is 0.903. The van der Waals surface area contributed by atoms with Crippen LogP contribution < -0.4 is 0 Å². The number of hydrogen-bond acceptors (Lipinski definition) is 0. The van der Waals surface area contributed by atoms with E-state index in [-0.39, 0.29) is 5.31 Å². The summed E-state index contributed by atoms with van der Waals surface area (Å²) in [5, 5.41) is 0. The van der Waals surface area contributed by atoms with Crippen LogP contribution in [-0.4, -0.2) is 7.85 Å². The van der Waals surface area contributed by atoms with Gasteiger partial charge in [0.15, 0.2) is 0 Å². The molecule has 0 amide bonds. The number of allylic oxidation sites excluding steroid dienone is 2. The van der Waals surface area contributed by atoms with Gasteiger partial charge in [-0.3, -0.25) is 0 Å². The SMILES string of the molecule is [B]C1(C)C=C1. The monoisotopic (exact) mass is 64.0 g/mol. The first-order valence-corrected chi connectivity index (χ1v) is 1.70. The minimum Gasteiger partial charge on any atom is -0.0876 e. The van der Waals surface area contributed by atoms with Crippen molar-refractivity contribution in [2.75, 3.05) is 0 Å². The van der Waals surface area contributed by atoms with Crippen molar-refractivity contribution in [3.63, 3.8) is 0 Å². The molecule has 1 aliphatic carbocycles. The first-order valence-electron chi connectivity index (χ1n) is 1.70. The molecule has 0 unspecified atom stereocenters. The van der Waals surface area contributed by atoms with Crippen LogP contribution in [0.4, 0.5) is 0 Å². The number of rotatable bonds is 0. The van der Waals surface area contributed by atoms with Crippen LogP contribution in [0.5, 0.6) is 0 Å². The fourth-order valence-electron chi connectivity index (χ4n) is 0.131. The molecule has 0 aromatic rings. The van der Waals surface area contributed by atoms with Gasteiger partial charge in [-0.2, -0.15) is 0 Å². The molecule has 0 spiro atoms. The highest BCUT2D eigenvalue weighted by molar-refractivity contribution is 6.20. The highest BCUT2D eigenvalue weighted by atomic mass is 14.2. The van der Waals surface area contributed by atoms with Crippen LogP contribution in [0.15, 0.2) is 12.2 Å². The first-order chi connectivity index (χ1) is 2.21. The molecule has 1 aliphatic rings. The van der Waals surface area contributed by atoms with Gasteiger partial charge >= 0.3 is 0 Å². The van der Waals surface area contributed by atoms with E-state index in [0.29, 0.717) is 0 Å². The standard InChI is InChI=1S/C4H5B/c1-4(5)2-3-4/h2-3H,1H3. The summed E-state index contributed by atoms with van der Waals surface area (Å²) in [5.41, 5.74) is 0. The zero-order chi connectivity index (χ0) is 3.91. The maximum absolute atomic E-state index is 5.35. The smallest absolute Gasteiger partial charge is 0.0854 e. The molecule has 0 heterocycles. The van der Waals surface area contributed by atoms with Gasteiger partial charge in [0.1, 0.15) is 0 Å². The summed E-state index contributed by atoms with van der Waals surface area (Å²) in [4.78, 5) is 0. The molecule has 0 bridgehead atoms. The van der Waals surface area contributed by atoms with E-state index in [2.05, 4.69) is 0 Å². The third-order valence-electron chi connectivity index (χ3n) is 0.692. The molecule has 0 nitrogen and oxygen atoms in total. The molecule has 0 saturated carbocycles. The molecule has 0 fully saturated rings. The van der Waals surface area contributed by atoms with Crippen molar-refractivity contribution in [3.8, 4) is 0 Å². The zero-order valence-electron chi connectivity index (χ0n) is 3.23. The van der Waals surface area contributed by atoms with Gasteiger partial charge in [0, 0.05) is 0 Å². The Kier molecular flexibility index (Phi) is 0.296. The largest absolute Gasteiger partial charge is 0.0876 e. The van der Waals surface area contributed by atoms with Crippen LogP contribution in [-0.2, 0) is 0 Å². The Morgan fingerprint density at radius 1 is 1.60 bits per heavy atom. The van der Waals surface area contributed by atoms with Crippen LogP contribution >= 0.6 is 0 Å². The van der Waals surface area contributed by atoms with Crippen molar-refractivity contribution >= 4 is 7.85 Å². The van der Waals surface area contributed by atoms with Gasteiger partial charge < -0.3 is 0 Å². The average molecular weight is 63.9 g/mol. The van der Waals surface area contributed by atoms with Crippen molar-refractivity contribution in [2.45, 2.75) is 12.2 Å². The van der Waals surface area contributed by atoms with E-state index in [0.717, 1.165) is 0 Å². The summed E-state index contributed by atoms with van der Waals surface area (Å²) < 4.78 is 0. The van der Waals surface area contributed by atoms with Crippen LogP contribution in [0.3, 0.4) is 0 Å². The van der Waals surface area contributed by atoms with E-state index in [9.17, 15) is 0 Å². The van der Waals surface area contributed by atoms with Gasteiger partial charge in [-0.25, -0.2) is 0 Å². The average Bonchev–Trinajstić information content (AvgIpc) is 1.76. The molecule has 0 N–H and O–H groups in total. The molecular formula is C4H5B. The van der Waals surface area contributed by atoms with E-state index in [1.54, 1.807) is 0 Å². The Morgan fingerprint density at radius 2 is 1.80 bits per heavy atom. The molecule has 0 aromatic heterocycles. The second-order valence-electron chi connectivity index (χ2n) is 1.70. The minimum atomic E-state index is 0. The molecule has 5 heavy (non-hydrogen) atoms. The summed E-state index contributed by atoms with van der Waals surface area (Å²) >= 11 is 0. The second kappa shape index (κ2) is 0.491. The van der Waals surface area contributed by atoms with Crippen LogP contribution in [0.1, 0.15) is 6.92 Å². The van der Waals surface area contributed by atoms with Gasteiger partial charge in [0.25, 0.3) is 0 Å². The van der Waals surface area contributed by atoms with Crippen molar-refractivity contribution in [3.05, 3.63) is 12.2 Å². The highest BCUT2D eigenvalue weighted by Crippen LogP contribution is 2.36. The summed E-state index contributed by atoms with van der Waals surface area (Å²) in [5.74, 6) is 0. The Labute approximate surface area is 33.3 Å². The quantitative estimate of drug-likeness (QED) is 0.290. The summed E-state index contributed by atoms with van der Waals surface area (Å²) in [7, 11) is 5.35. The van der Waals surface area contributed by atoms with Crippen LogP contribution in [0.2, 0.25) is 5.31 Å². The van der Waals surface area contributed by atoms with E-state index in [4.69, 9.17) is 7.85 Å². The molecule has 0 atom stereocenters. The van der Waals surface area contributed by atoms with Gasteiger partial charge in [-0.15, -0.1) is 0 Å². The van der Waals surface area contributed by atoms with Gasteiger partial charge in [0.05, 0.1) is 7.85 Å². The van der Waals surface area contributed by atoms with Gasteiger partial charge in [-0.1, -0.05) is 19.1 Å². The highest BCUT2D eigenvalue weighted by Gasteiger charge is 2.18. The van der Waals surface area contributed by atoms with Gasteiger partial charge in [0.2, 0.25) is 0 Å². The van der Waals surface area contributed by atoms with Crippen molar-refractivity contribution in [2.24, 2.45) is 0 Å². The molecule has 1 rings (SSSR count). The van der Waals surface area contributed by atoms with Crippen LogP contribution in [0, 0.1) is 0 Å². The third kappa shape index (κ3) is 0.537. The summed E-state index contributed by atoms with van der Waals surface area (Å²) in [6.45, 7) is 1.97. The molecule has 0 aromatic carbocycles. The Hall–Kier alpha value is -0.195. The maximum Gasteiger partial charge on any atom is 0.0854 e. The fraction of sp³-hybridized carbons (Fsp3) is 0.500. The number of hydrogen-bond donors (Lipinski definition) is 0. The van der Waals surface area contributed by atoms with Crippen LogP contribution in [0.25, 0.3) is 0 Å². The van der Waals surface area contributed by atoms with Crippen molar-refractivity contribution in [1.29, 1.82) is 0 Å². The normalized spacial score (nSPS) is 26.6. The lowest BCUT2D eigenvalue weighted by atomic mass is 9.84. The summed E-state index contributed by atoms with van der Waals surface area (Å²) in [6, 6.07) is 0. The second-order valence-corrected chi connectivity index (χ2v) is 1.70. The zero-order valence-corrected chi connectivity index (χ0v) is 3.23. The lowest BCUT2D eigenvalue weighted by Crippen LogP contribution is -1.78. The van der Waals surface area contributed by atoms with Gasteiger partial charge in [-0.05, 0) is 5.31 Å². The summed E-state index contributed by atoms with van der Waals surface area (Å²) in [6.07, 6.45) is 3.93. The third-order valence-corrected chi connectivity index (χ3v) is 0.692. The van der Waals surface area contributed by atoms with Crippen molar-refractivity contribution < 1.29 is 0 Å². The molecule has 24 valence electrons. The molecule has 0 aliphatic heterocycles. The van der Waals surface area contributed by atoms with E-state index < -0.39 is 0 Å². The molecule has 1 heteroatoms. The minimum absolute atomic E-state index is 0. The Bertz CT molecular complexity index is 63.7. The lowest BCUT2D eigenvalue weighted by Gasteiger charge is -1.89. The molecular weight excluding hydrogens is 58.9 g/mol.